The molecule has 6 nitrogen and oxygen atoms in total. The van der Waals surface area contributed by atoms with Crippen molar-refractivity contribution in [3.05, 3.63) is 0 Å². The molecule has 0 unspecified atom stereocenters. The summed E-state index contributed by atoms with van der Waals surface area (Å²) in [5.41, 5.74) is 0.558. The van der Waals surface area contributed by atoms with E-state index in [2.05, 4.69) is 51.3 Å². The van der Waals surface area contributed by atoms with Gasteiger partial charge >= 0.3 is 17.7 Å². The predicted molar refractivity (Wildman–Crippen MR) is 97.5 cm³/mol. The highest BCUT2D eigenvalue weighted by molar-refractivity contribution is 5.79. The van der Waals surface area contributed by atoms with E-state index in [0.29, 0.717) is 11.8 Å². The van der Waals surface area contributed by atoms with Gasteiger partial charge in [-0.25, -0.2) is 19.4 Å². The maximum absolute atomic E-state index is 12.0. The van der Waals surface area contributed by atoms with E-state index in [4.69, 9.17) is 9.78 Å². The van der Waals surface area contributed by atoms with Crippen molar-refractivity contribution in [3.63, 3.8) is 0 Å². The normalized spacial score (nSPS) is 16.2. The first-order valence-electron chi connectivity index (χ1n) is 9.72. The van der Waals surface area contributed by atoms with Crippen molar-refractivity contribution in [2.24, 2.45) is 10.8 Å². The van der Waals surface area contributed by atoms with Crippen molar-refractivity contribution in [2.45, 2.75) is 105 Å². The number of rotatable bonds is 10. The van der Waals surface area contributed by atoms with Gasteiger partial charge in [-0.15, -0.1) is 0 Å². The molecule has 0 amide bonds. The molecule has 0 bridgehead atoms. The van der Waals surface area contributed by atoms with Crippen LogP contribution in [0.2, 0.25) is 0 Å². The zero-order valence-electron chi connectivity index (χ0n) is 17.3. The largest absolute Gasteiger partial charge is 0.420 e. The second-order valence-electron chi connectivity index (χ2n) is 9.63. The third-order valence-corrected chi connectivity index (χ3v) is 4.30. The number of carbonyl (C=O) groups excluding carboxylic acids is 2. The second kappa shape index (κ2) is 9.70. The predicted octanol–water partition coefficient (Wildman–Crippen LogP) is 5.25. The minimum atomic E-state index is -1.38. The van der Waals surface area contributed by atoms with Crippen LogP contribution in [0.5, 0.6) is 0 Å². The third-order valence-electron chi connectivity index (χ3n) is 4.30. The molecule has 0 aromatic rings. The van der Waals surface area contributed by atoms with Gasteiger partial charge < -0.3 is 0 Å². The minimum absolute atomic E-state index is 0.234. The van der Waals surface area contributed by atoms with Gasteiger partial charge in [-0.1, -0.05) is 60.8 Å². The molecule has 26 heavy (non-hydrogen) atoms. The van der Waals surface area contributed by atoms with Crippen LogP contribution in [0.4, 0.5) is 0 Å². The Morgan fingerprint density at radius 1 is 0.769 bits per heavy atom. The van der Waals surface area contributed by atoms with Crippen LogP contribution in [0.1, 0.15) is 99.3 Å². The Morgan fingerprint density at radius 2 is 1.31 bits per heavy atom. The maximum atomic E-state index is 12.0. The van der Waals surface area contributed by atoms with Gasteiger partial charge in [0.2, 0.25) is 0 Å². The summed E-state index contributed by atoms with van der Waals surface area (Å²) in [5.74, 6) is -2.72. The molecule has 6 heteroatoms. The van der Waals surface area contributed by atoms with E-state index in [1.54, 1.807) is 0 Å². The molecule has 1 aliphatic heterocycles. The van der Waals surface area contributed by atoms with Crippen LogP contribution in [0.25, 0.3) is 0 Å². The fourth-order valence-electron chi connectivity index (χ4n) is 2.61. The van der Waals surface area contributed by atoms with Crippen LogP contribution in [0.15, 0.2) is 0 Å². The Balaban J connectivity index is 2.13. The molecule has 0 atom stereocenters. The number of hydrogen-bond acceptors (Lipinski definition) is 6. The molecule has 1 saturated heterocycles. The Morgan fingerprint density at radius 3 is 1.81 bits per heavy atom. The quantitative estimate of drug-likeness (QED) is 0.226. The Labute approximate surface area is 157 Å². The van der Waals surface area contributed by atoms with Gasteiger partial charge in [-0.2, -0.15) is 9.78 Å². The van der Waals surface area contributed by atoms with Gasteiger partial charge in [0.25, 0.3) is 0 Å². The molecule has 0 aliphatic carbocycles. The summed E-state index contributed by atoms with van der Waals surface area (Å²) in [6.45, 7) is 13.1. The van der Waals surface area contributed by atoms with Crippen LogP contribution < -0.4 is 0 Å². The Hall–Kier alpha value is -1.14. The fraction of sp³-hybridized carbons (Fsp3) is 0.900. The van der Waals surface area contributed by atoms with E-state index >= 15 is 0 Å². The van der Waals surface area contributed by atoms with Crippen LogP contribution >= 0.6 is 0 Å². The molecule has 0 aromatic heterocycles. The molecule has 0 N–H and O–H groups in total. The molecule has 1 heterocycles. The fourth-order valence-corrected chi connectivity index (χ4v) is 2.61. The summed E-state index contributed by atoms with van der Waals surface area (Å²) in [5, 5.41) is 0. The lowest BCUT2D eigenvalue weighted by Crippen LogP contribution is -2.28. The van der Waals surface area contributed by atoms with Gasteiger partial charge in [0.15, 0.2) is 0 Å². The lowest BCUT2D eigenvalue weighted by molar-refractivity contribution is -0.264. The molecule has 152 valence electrons. The van der Waals surface area contributed by atoms with Crippen LogP contribution in [0.3, 0.4) is 0 Å². The first-order valence-corrected chi connectivity index (χ1v) is 9.72. The van der Waals surface area contributed by atoms with E-state index < -0.39 is 17.7 Å². The monoisotopic (exact) mass is 372 g/mol. The highest BCUT2D eigenvalue weighted by Crippen LogP contribution is 2.37. The second-order valence-corrected chi connectivity index (χ2v) is 9.63. The van der Waals surface area contributed by atoms with Gasteiger partial charge in [0.1, 0.15) is 0 Å². The standard InChI is InChI=1S/C20H36O6/c1-18(2,3)13-9-7-8-12-16(21)23-24-17(22)20(25-26-20)15-11-10-14-19(4,5)6/h7-15H2,1-6H3. The van der Waals surface area contributed by atoms with Crippen molar-refractivity contribution in [1.82, 2.24) is 0 Å². The molecule has 1 rings (SSSR count). The zero-order chi connectivity index (χ0) is 19.8. The molecular formula is C20H36O6. The van der Waals surface area contributed by atoms with Crippen LogP contribution in [-0.4, -0.2) is 17.7 Å². The van der Waals surface area contributed by atoms with Gasteiger partial charge in [0.05, 0.1) is 6.42 Å². The lowest BCUT2D eigenvalue weighted by Gasteiger charge is -2.17. The number of hydrogen-bond donors (Lipinski definition) is 0. The van der Waals surface area contributed by atoms with Crippen molar-refractivity contribution in [1.29, 1.82) is 0 Å². The van der Waals surface area contributed by atoms with E-state index in [1.807, 2.05) is 0 Å². The minimum Gasteiger partial charge on any atom is -0.247 e. The van der Waals surface area contributed by atoms with E-state index in [0.717, 1.165) is 44.9 Å². The molecule has 0 spiro atoms. The Kier molecular flexibility index (Phi) is 8.54. The first-order chi connectivity index (χ1) is 11.9. The van der Waals surface area contributed by atoms with Crippen LogP contribution in [-0.2, 0) is 29.1 Å². The number of unbranched alkanes of at least 4 members (excludes halogenated alkanes) is 3. The molecule has 1 aliphatic rings. The van der Waals surface area contributed by atoms with E-state index in [1.165, 1.54) is 0 Å². The summed E-state index contributed by atoms with van der Waals surface area (Å²) in [4.78, 5) is 42.4. The van der Waals surface area contributed by atoms with Crippen molar-refractivity contribution < 1.29 is 29.1 Å². The van der Waals surface area contributed by atoms with Crippen molar-refractivity contribution in [2.75, 3.05) is 0 Å². The molecular weight excluding hydrogens is 336 g/mol. The average Bonchev–Trinajstić information content (AvgIpc) is 3.28. The van der Waals surface area contributed by atoms with Gasteiger partial charge in [0, 0.05) is 6.42 Å². The van der Waals surface area contributed by atoms with Crippen molar-refractivity contribution in [3.8, 4) is 0 Å². The first kappa shape index (κ1) is 22.9. The van der Waals surface area contributed by atoms with Crippen LogP contribution in [0, 0.1) is 10.8 Å². The summed E-state index contributed by atoms with van der Waals surface area (Å²) < 4.78 is 0. The molecule has 0 aromatic carbocycles. The molecule has 0 saturated carbocycles. The highest BCUT2D eigenvalue weighted by atomic mass is 17.4. The third kappa shape index (κ3) is 10.1. The van der Waals surface area contributed by atoms with Gasteiger partial charge in [-0.3, -0.25) is 0 Å². The maximum Gasteiger partial charge on any atom is 0.420 e. The zero-order valence-corrected chi connectivity index (χ0v) is 17.3. The highest BCUT2D eigenvalue weighted by Gasteiger charge is 2.59. The Bertz CT molecular complexity index is 454. The average molecular weight is 373 g/mol. The smallest absolute Gasteiger partial charge is 0.247 e. The SMILES string of the molecule is CC(C)(C)CCCCCC(=O)OOC(=O)C1(CCCCC(C)(C)C)OO1. The molecule has 0 radical (unpaired) electrons. The number of carbonyl (C=O) groups is 2. The molecule has 1 fully saturated rings. The van der Waals surface area contributed by atoms with Crippen molar-refractivity contribution >= 4 is 11.9 Å². The van der Waals surface area contributed by atoms with E-state index in [9.17, 15) is 9.59 Å². The topological polar surface area (TPSA) is 77.7 Å². The van der Waals surface area contributed by atoms with Gasteiger partial charge in [-0.05, 0) is 36.5 Å². The summed E-state index contributed by atoms with van der Waals surface area (Å²) in [6, 6.07) is 0. The van der Waals surface area contributed by atoms with E-state index in [-0.39, 0.29) is 11.8 Å². The summed E-state index contributed by atoms with van der Waals surface area (Å²) in [7, 11) is 0. The lowest BCUT2D eigenvalue weighted by atomic mass is 9.89. The summed E-state index contributed by atoms with van der Waals surface area (Å²) in [6.07, 6.45) is 7.25. The summed E-state index contributed by atoms with van der Waals surface area (Å²) >= 11 is 0.